The third kappa shape index (κ3) is 4.31. The second-order valence-corrected chi connectivity index (χ2v) is 10.5. The molecule has 0 aliphatic heterocycles. The molecule has 190 valence electrons. The Morgan fingerprint density at radius 2 is 1.77 bits per heavy atom. The fraction of sp³-hybridized carbons (Fsp3) is 0.0690. The van der Waals surface area contributed by atoms with Gasteiger partial charge in [0.1, 0.15) is 11.2 Å². The summed E-state index contributed by atoms with van der Waals surface area (Å²) in [7, 11) is 0. The Bertz CT molecular complexity index is 1940. The van der Waals surface area contributed by atoms with Gasteiger partial charge in [-0.25, -0.2) is 9.97 Å². The first kappa shape index (κ1) is 23.2. The molecule has 0 saturated carbocycles. The van der Waals surface area contributed by atoms with Crippen molar-refractivity contribution < 1.29 is 5.11 Å². The molecule has 7 rings (SSSR count). The summed E-state index contributed by atoms with van der Waals surface area (Å²) >= 11 is 1.72. The lowest BCUT2D eigenvalue weighted by Gasteiger charge is -2.15. The molecule has 1 aromatic carbocycles. The number of fused-ring (bicyclic) bond motifs is 2. The highest BCUT2D eigenvalue weighted by Crippen LogP contribution is 2.34. The molecule has 1 atom stereocenters. The summed E-state index contributed by atoms with van der Waals surface area (Å²) in [5, 5.41) is 22.0. The number of H-pyrrole nitrogens is 2. The maximum absolute atomic E-state index is 10.6. The maximum Gasteiger partial charge on any atom is 0.181 e. The SMILES string of the molecule is Cc1ccc(-c2cncc3[nH]c(-c4[nH]nc5ncc(-c6cncc(NC(O)c7ccccc7)c6)cc45)nc23)s1. The third-order valence-corrected chi connectivity index (χ3v) is 7.57. The quantitative estimate of drug-likeness (QED) is 0.191. The molecule has 0 radical (unpaired) electrons. The molecule has 0 bridgehead atoms. The van der Waals surface area contributed by atoms with Gasteiger partial charge in [-0.2, -0.15) is 5.10 Å². The highest BCUT2D eigenvalue weighted by Gasteiger charge is 2.17. The average Bonchev–Trinajstić information content (AvgIpc) is 3.71. The fourth-order valence-corrected chi connectivity index (χ4v) is 5.48. The van der Waals surface area contributed by atoms with E-state index in [1.165, 1.54) is 4.88 Å². The molecule has 1 unspecified atom stereocenters. The van der Waals surface area contributed by atoms with Gasteiger partial charge in [-0.05, 0) is 31.2 Å². The summed E-state index contributed by atoms with van der Waals surface area (Å²) in [5.74, 6) is 0.661. The molecule has 0 amide bonds. The molecule has 0 fully saturated rings. The van der Waals surface area contributed by atoms with E-state index in [1.54, 1.807) is 36.1 Å². The monoisotopic (exact) mass is 530 g/mol. The molecule has 4 N–H and O–H groups in total. The largest absolute Gasteiger partial charge is 0.369 e. The second kappa shape index (κ2) is 9.43. The van der Waals surface area contributed by atoms with Gasteiger partial charge in [0.25, 0.3) is 0 Å². The summed E-state index contributed by atoms with van der Waals surface area (Å²) in [6.45, 7) is 2.09. The van der Waals surface area contributed by atoms with Crippen LogP contribution in [0.1, 0.15) is 16.7 Å². The third-order valence-electron chi connectivity index (χ3n) is 6.54. The number of hydrogen-bond acceptors (Lipinski definition) is 8. The van der Waals surface area contributed by atoms with Crippen LogP contribution in [0.4, 0.5) is 5.69 Å². The number of benzene rings is 1. The maximum atomic E-state index is 10.6. The summed E-state index contributed by atoms with van der Waals surface area (Å²) in [5.41, 5.74) is 7.20. The zero-order chi connectivity index (χ0) is 26.3. The topological polar surface area (TPSA) is 128 Å². The van der Waals surface area contributed by atoms with Gasteiger partial charge in [-0.15, -0.1) is 11.3 Å². The normalized spacial score (nSPS) is 12.3. The van der Waals surface area contributed by atoms with Crippen LogP contribution in [0.15, 0.2) is 85.6 Å². The van der Waals surface area contributed by atoms with Crippen molar-refractivity contribution in [1.29, 1.82) is 0 Å². The molecule has 6 heterocycles. The Kier molecular flexibility index (Phi) is 5.61. The van der Waals surface area contributed by atoms with E-state index in [9.17, 15) is 5.11 Å². The number of nitrogens with one attached hydrogen (secondary N) is 3. The van der Waals surface area contributed by atoms with Crippen LogP contribution in [0.5, 0.6) is 0 Å². The number of imidazole rings is 1. The van der Waals surface area contributed by atoms with Crippen LogP contribution < -0.4 is 5.32 Å². The molecule has 0 aliphatic carbocycles. The molecule has 39 heavy (non-hydrogen) atoms. The Labute approximate surface area is 226 Å². The smallest absolute Gasteiger partial charge is 0.181 e. The number of pyridine rings is 3. The van der Waals surface area contributed by atoms with Crippen LogP contribution in [0, 0.1) is 6.92 Å². The first-order valence-corrected chi connectivity index (χ1v) is 13.1. The van der Waals surface area contributed by atoms with Gasteiger partial charge in [-0.1, -0.05) is 30.3 Å². The van der Waals surface area contributed by atoms with Crippen LogP contribution in [0.25, 0.3) is 55.2 Å². The summed E-state index contributed by atoms with van der Waals surface area (Å²) in [4.78, 5) is 24.1. The number of aliphatic hydroxyl groups excluding tert-OH is 1. The highest BCUT2D eigenvalue weighted by atomic mass is 32.1. The van der Waals surface area contributed by atoms with E-state index in [0.717, 1.165) is 49.2 Å². The van der Waals surface area contributed by atoms with Crippen molar-refractivity contribution in [3.8, 4) is 33.1 Å². The molecule has 0 saturated heterocycles. The average molecular weight is 531 g/mol. The molecular weight excluding hydrogens is 508 g/mol. The summed E-state index contributed by atoms with van der Waals surface area (Å²) < 4.78 is 0. The van der Waals surface area contributed by atoms with E-state index < -0.39 is 6.23 Å². The number of aromatic amines is 2. The van der Waals surface area contributed by atoms with Gasteiger partial charge in [0.15, 0.2) is 17.7 Å². The van der Waals surface area contributed by atoms with E-state index in [2.05, 4.69) is 54.5 Å². The first-order valence-electron chi connectivity index (χ1n) is 12.3. The molecule has 9 nitrogen and oxygen atoms in total. The number of aryl methyl sites for hydroxylation is 1. The minimum Gasteiger partial charge on any atom is -0.369 e. The Morgan fingerprint density at radius 1 is 0.923 bits per heavy atom. The van der Waals surface area contributed by atoms with Gasteiger partial charge in [0, 0.05) is 50.6 Å². The fourth-order valence-electron chi connectivity index (χ4n) is 4.60. The molecule has 10 heteroatoms. The standard InChI is InChI=1S/C29H22N8OS/c1-16-7-8-24(39-16)22-14-31-15-23-25(22)35-28(34-23)26-21-10-19(12-32-27(21)37-36-26)18-9-20(13-30-11-18)33-29(38)17-5-3-2-4-6-17/h2-15,29,33,38H,1H3,(H,34,35)(H,32,36,37). The predicted octanol–water partition coefficient (Wildman–Crippen LogP) is 6.10. The minimum atomic E-state index is -0.852. The number of rotatable bonds is 6. The Hall–Kier alpha value is -4.93. The highest BCUT2D eigenvalue weighted by molar-refractivity contribution is 7.15. The Balaban J connectivity index is 1.25. The zero-order valence-corrected chi connectivity index (χ0v) is 21.6. The molecule has 7 aromatic rings. The van der Waals surface area contributed by atoms with Crippen LogP contribution >= 0.6 is 11.3 Å². The lowest BCUT2D eigenvalue weighted by molar-refractivity contribution is 0.208. The van der Waals surface area contributed by atoms with Gasteiger partial charge in [-0.3, -0.25) is 15.1 Å². The van der Waals surface area contributed by atoms with Crippen LogP contribution in [-0.4, -0.2) is 40.2 Å². The van der Waals surface area contributed by atoms with Crippen molar-refractivity contribution in [2.75, 3.05) is 5.32 Å². The minimum absolute atomic E-state index is 0.586. The molecular formula is C29H22N8OS. The van der Waals surface area contributed by atoms with Crippen molar-refractivity contribution in [3.63, 3.8) is 0 Å². The molecule has 0 spiro atoms. The number of anilines is 1. The number of nitrogens with zero attached hydrogens (tertiary/aromatic N) is 5. The van der Waals surface area contributed by atoms with Crippen LogP contribution in [0.3, 0.4) is 0 Å². The Morgan fingerprint density at radius 3 is 2.62 bits per heavy atom. The van der Waals surface area contributed by atoms with Crippen molar-refractivity contribution in [3.05, 3.63) is 96.0 Å². The van der Waals surface area contributed by atoms with E-state index in [0.29, 0.717) is 17.2 Å². The number of thiophene rings is 1. The van der Waals surface area contributed by atoms with Crippen LogP contribution in [0.2, 0.25) is 0 Å². The number of aliphatic hydroxyl groups is 1. The summed E-state index contributed by atoms with van der Waals surface area (Å²) in [6.07, 6.45) is 8.00. The molecule has 6 aromatic heterocycles. The number of aromatic nitrogens is 7. The van der Waals surface area contributed by atoms with Crippen molar-refractivity contribution >= 4 is 39.1 Å². The van der Waals surface area contributed by atoms with Crippen molar-refractivity contribution in [1.82, 2.24) is 35.1 Å². The van der Waals surface area contributed by atoms with E-state index in [1.807, 2.05) is 48.7 Å². The first-order chi connectivity index (χ1) is 19.1. The lowest BCUT2D eigenvalue weighted by atomic mass is 10.1. The summed E-state index contributed by atoms with van der Waals surface area (Å²) in [6, 6.07) is 17.6. The van der Waals surface area contributed by atoms with E-state index in [4.69, 9.17) is 4.98 Å². The van der Waals surface area contributed by atoms with Gasteiger partial charge in [0.2, 0.25) is 0 Å². The lowest BCUT2D eigenvalue weighted by Crippen LogP contribution is -2.09. The van der Waals surface area contributed by atoms with Crippen LogP contribution in [-0.2, 0) is 0 Å². The van der Waals surface area contributed by atoms with Crippen molar-refractivity contribution in [2.24, 2.45) is 0 Å². The van der Waals surface area contributed by atoms with E-state index >= 15 is 0 Å². The van der Waals surface area contributed by atoms with E-state index in [-0.39, 0.29) is 0 Å². The molecule has 0 aliphatic rings. The van der Waals surface area contributed by atoms with Crippen molar-refractivity contribution in [2.45, 2.75) is 13.2 Å². The zero-order valence-electron chi connectivity index (χ0n) is 20.8. The number of hydrogen-bond donors (Lipinski definition) is 4. The van der Waals surface area contributed by atoms with Gasteiger partial charge >= 0.3 is 0 Å². The second-order valence-electron chi connectivity index (χ2n) is 9.19. The van der Waals surface area contributed by atoms with Gasteiger partial charge in [0.05, 0.1) is 29.0 Å². The predicted molar refractivity (Wildman–Crippen MR) is 153 cm³/mol. The van der Waals surface area contributed by atoms with Gasteiger partial charge < -0.3 is 15.4 Å².